The third kappa shape index (κ3) is 6.24. The summed E-state index contributed by atoms with van der Waals surface area (Å²) in [6.07, 6.45) is 0. The van der Waals surface area contributed by atoms with Gasteiger partial charge < -0.3 is 14.8 Å². The van der Waals surface area contributed by atoms with E-state index in [9.17, 15) is 0 Å². The van der Waals surface area contributed by atoms with Gasteiger partial charge in [0, 0.05) is 18.8 Å². The number of thioether (sulfide) groups is 1. The summed E-state index contributed by atoms with van der Waals surface area (Å²) in [4.78, 5) is 0. The van der Waals surface area contributed by atoms with Crippen LogP contribution >= 0.6 is 35.8 Å². The molecule has 0 aliphatic carbocycles. The average Bonchev–Trinajstić information content (AvgIpc) is 3.17. The zero-order chi connectivity index (χ0) is 19.8. The molecule has 3 rings (SSSR count). The van der Waals surface area contributed by atoms with Crippen LogP contribution in [-0.2, 0) is 6.54 Å². The molecule has 0 atom stereocenters. The highest BCUT2D eigenvalue weighted by Gasteiger charge is 2.12. The molecule has 0 spiro atoms. The number of benzene rings is 2. The maximum absolute atomic E-state index is 6.29. The van der Waals surface area contributed by atoms with E-state index in [0.717, 1.165) is 28.7 Å². The lowest BCUT2D eigenvalue weighted by Gasteiger charge is -2.13. The first-order valence-electron chi connectivity index (χ1n) is 8.89. The van der Waals surface area contributed by atoms with Crippen LogP contribution in [-0.4, -0.2) is 46.2 Å². The molecule has 1 N–H and O–H groups in total. The normalized spacial score (nSPS) is 10.4. The molecule has 0 radical (unpaired) electrons. The second kappa shape index (κ2) is 11.9. The van der Waals surface area contributed by atoms with Crippen molar-refractivity contribution >= 4 is 35.8 Å². The van der Waals surface area contributed by atoms with Gasteiger partial charge in [0.25, 0.3) is 0 Å². The number of methoxy groups -OCH3 is 1. The van der Waals surface area contributed by atoms with Gasteiger partial charge in [-0.25, -0.2) is 0 Å². The van der Waals surface area contributed by atoms with Gasteiger partial charge in [-0.2, -0.15) is 4.68 Å². The third-order valence-electron chi connectivity index (χ3n) is 3.85. The van der Waals surface area contributed by atoms with Gasteiger partial charge in [-0.15, -0.1) is 17.5 Å². The number of nitrogens with one attached hydrogen (secondary N) is 1. The molecule has 0 unspecified atom stereocenters. The summed E-state index contributed by atoms with van der Waals surface area (Å²) in [5.41, 5.74) is 1.98. The number of aromatic nitrogens is 4. The predicted octanol–water partition coefficient (Wildman–Crippen LogP) is 4.03. The third-order valence-corrected chi connectivity index (χ3v) is 5.06. The van der Waals surface area contributed by atoms with E-state index >= 15 is 0 Å². The summed E-state index contributed by atoms with van der Waals surface area (Å²) >= 11 is 7.89. The fourth-order valence-corrected chi connectivity index (χ4v) is 3.73. The lowest BCUT2D eigenvalue weighted by Crippen LogP contribution is -2.17. The SMILES string of the molecule is CCOc1cc(CNCCSc2nnnn2-c2ccccc2)cc(Cl)c1OC.Cl. The van der Waals surface area contributed by atoms with Crippen molar-refractivity contribution in [2.75, 3.05) is 26.0 Å². The van der Waals surface area contributed by atoms with E-state index in [1.807, 2.05) is 49.4 Å². The van der Waals surface area contributed by atoms with Gasteiger partial charge in [0.15, 0.2) is 11.5 Å². The number of halogens is 2. The summed E-state index contributed by atoms with van der Waals surface area (Å²) < 4.78 is 12.7. The Kier molecular flexibility index (Phi) is 9.53. The van der Waals surface area contributed by atoms with Crippen molar-refractivity contribution in [1.82, 2.24) is 25.5 Å². The van der Waals surface area contributed by atoms with Crippen molar-refractivity contribution in [3.8, 4) is 17.2 Å². The van der Waals surface area contributed by atoms with Gasteiger partial charge in [-0.05, 0) is 47.2 Å². The maximum atomic E-state index is 6.29. The van der Waals surface area contributed by atoms with Crippen LogP contribution in [0.3, 0.4) is 0 Å². The van der Waals surface area contributed by atoms with Crippen LogP contribution in [0.5, 0.6) is 11.5 Å². The molecule has 0 aliphatic rings. The van der Waals surface area contributed by atoms with E-state index < -0.39 is 0 Å². The molecule has 3 aromatic rings. The van der Waals surface area contributed by atoms with Crippen LogP contribution in [0.2, 0.25) is 5.02 Å². The van der Waals surface area contributed by atoms with Crippen LogP contribution in [0, 0.1) is 0 Å². The minimum atomic E-state index is 0. The van der Waals surface area contributed by atoms with Gasteiger partial charge in [0.05, 0.1) is 24.4 Å². The predicted molar refractivity (Wildman–Crippen MR) is 118 cm³/mol. The van der Waals surface area contributed by atoms with Crippen molar-refractivity contribution in [3.05, 3.63) is 53.1 Å². The second-order valence-electron chi connectivity index (χ2n) is 5.78. The molecule has 0 amide bonds. The molecule has 0 fully saturated rings. The number of para-hydroxylation sites is 1. The molecule has 0 bridgehead atoms. The molecule has 29 heavy (non-hydrogen) atoms. The highest BCUT2D eigenvalue weighted by molar-refractivity contribution is 7.99. The molecule has 1 heterocycles. The number of ether oxygens (including phenoxy) is 2. The monoisotopic (exact) mass is 455 g/mol. The van der Waals surface area contributed by atoms with Crippen molar-refractivity contribution < 1.29 is 9.47 Å². The molecule has 0 aliphatic heterocycles. The Morgan fingerprint density at radius 3 is 2.72 bits per heavy atom. The maximum Gasteiger partial charge on any atom is 0.214 e. The number of hydrogen-bond acceptors (Lipinski definition) is 7. The quantitative estimate of drug-likeness (QED) is 0.365. The first-order valence-corrected chi connectivity index (χ1v) is 10.3. The summed E-state index contributed by atoms with van der Waals surface area (Å²) in [6.45, 7) is 3.95. The van der Waals surface area contributed by atoms with E-state index in [-0.39, 0.29) is 12.4 Å². The molecule has 0 saturated carbocycles. The van der Waals surface area contributed by atoms with Crippen LogP contribution < -0.4 is 14.8 Å². The molecule has 156 valence electrons. The van der Waals surface area contributed by atoms with Gasteiger partial charge in [0.1, 0.15) is 0 Å². The van der Waals surface area contributed by atoms with Crippen LogP contribution in [0.4, 0.5) is 0 Å². The molecule has 1 aromatic heterocycles. The number of hydrogen-bond donors (Lipinski definition) is 1. The molecular weight excluding hydrogens is 433 g/mol. The number of nitrogens with zero attached hydrogens (tertiary/aromatic N) is 4. The summed E-state index contributed by atoms with van der Waals surface area (Å²) in [6, 6.07) is 13.7. The molecule has 0 saturated heterocycles. The Hall–Kier alpha value is -2.00. The number of tetrazole rings is 1. The average molecular weight is 456 g/mol. The minimum Gasteiger partial charge on any atom is -0.491 e. The van der Waals surface area contributed by atoms with Gasteiger partial charge >= 0.3 is 0 Å². The van der Waals surface area contributed by atoms with E-state index in [2.05, 4.69) is 20.8 Å². The Labute approximate surface area is 185 Å². The van der Waals surface area contributed by atoms with E-state index in [1.54, 1.807) is 23.6 Å². The largest absolute Gasteiger partial charge is 0.491 e. The zero-order valence-electron chi connectivity index (χ0n) is 16.2. The van der Waals surface area contributed by atoms with Crippen molar-refractivity contribution in [2.45, 2.75) is 18.6 Å². The molecular formula is C19H23Cl2N5O2S. The van der Waals surface area contributed by atoms with E-state index in [4.69, 9.17) is 21.1 Å². The summed E-state index contributed by atoms with van der Waals surface area (Å²) in [5.74, 6) is 2.05. The fourth-order valence-electron chi connectivity index (χ4n) is 2.63. The van der Waals surface area contributed by atoms with Crippen LogP contribution in [0.25, 0.3) is 5.69 Å². The summed E-state index contributed by atoms with van der Waals surface area (Å²) in [7, 11) is 1.59. The van der Waals surface area contributed by atoms with Gasteiger partial charge in [-0.3, -0.25) is 0 Å². The number of rotatable bonds is 10. The second-order valence-corrected chi connectivity index (χ2v) is 7.25. The van der Waals surface area contributed by atoms with Crippen LogP contribution in [0.15, 0.2) is 47.6 Å². The Bertz CT molecular complexity index is 896. The first-order chi connectivity index (χ1) is 13.7. The Morgan fingerprint density at radius 2 is 2.00 bits per heavy atom. The summed E-state index contributed by atoms with van der Waals surface area (Å²) in [5, 5.41) is 16.6. The molecule has 10 heteroatoms. The van der Waals surface area contributed by atoms with Gasteiger partial charge in [0.2, 0.25) is 5.16 Å². The lowest BCUT2D eigenvalue weighted by molar-refractivity contribution is 0.310. The zero-order valence-corrected chi connectivity index (χ0v) is 18.6. The topological polar surface area (TPSA) is 74.1 Å². The first kappa shape index (κ1) is 23.3. The molecule has 7 nitrogen and oxygen atoms in total. The standard InChI is InChI=1S/C19H22ClN5O2S.ClH/c1-3-27-17-12-14(11-16(20)18(17)26-2)13-21-9-10-28-19-22-23-24-25(19)15-7-5-4-6-8-15;/h4-8,11-12,21H,3,9-10,13H2,1-2H3;1H. The fraction of sp³-hybridized carbons (Fsp3) is 0.316. The van der Waals surface area contributed by atoms with E-state index in [0.29, 0.717) is 29.7 Å². The van der Waals surface area contributed by atoms with E-state index in [1.165, 1.54) is 0 Å². The highest BCUT2D eigenvalue weighted by Crippen LogP contribution is 2.36. The molecule has 2 aromatic carbocycles. The van der Waals surface area contributed by atoms with Crippen LogP contribution in [0.1, 0.15) is 12.5 Å². The van der Waals surface area contributed by atoms with Gasteiger partial charge in [-0.1, -0.05) is 41.6 Å². The highest BCUT2D eigenvalue weighted by atomic mass is 35.5. The smallest absolute Gasteiger partial charge is 0.214 e. The van der Waals surface area contributed by atoms with Crippen molar-refractivity contribution in [2.24, 2.45) is 0 Å². The van der Waals surface area contributed by atoms with Crippen molar-refractivity contribution in [1.29, 1.82) is 0 Å². The van der Waals surface area contributed by atoms with Crippen molar-refractivity contribution in [3.63, 3.8) is 0 Å². The Balaban J connectivity index is 0.00000300. The lowest BCUT2D eigenvalue weighted by atomic mass is 10.2. The minimum absolute atomic E-state index is 0. The Morgan fingerprint density at radius 1 is 1.21 bits per heavy atom.